The first-order valence-electron chi connectivity index (χ1n) is 6.38. The molecule has 0 bridgehead atoms. The van der Waals surface area contributed by atoms with Gasteiger partial charge in [-0.3, -0.25) is 4.79 Å². The summed E-state index contributed by atoms with van der Waals surface area (Å²) < 4.78 is 0. The number of hydrogen-bond donors (Lipinski definition) is 1. The SMILES string of the molecule is O=C(C1NCC2CCCC21)N1CCCC1. The maximum absolute atomic E-state index is 12.3. The van der Waals surface area contributed by atoms with Crippen LogP contribution in [0.2, 0.25) is 0 Å². The highest BCUT2D eigenvalue weighted by molar-refractivity contribution is 5.83. The second kappa shape index (κ2) is 3.78. The summed E-state index contributed by atoms with van der Waals surface area (Å²) in [7, 11) is 0. The third-order valence-electron chi connectivity index (χ3n) is 4.43. The fourth-order valence-corrected chi connectivity index (χ4v) is 3.59. The van der Waals surface area contributed by atoms with Gasteiger partial charge in [0.15, 0.2) is 0 Å². The summed E-state index contributed by atoms with van der Waals surface area (Å²) in [4.78, 5) is 14.3. The van der Waals surface area contributed by atoms with Crippen LogP contribution in [0.1, 0.15) is 32.1 Å². The zero-order valence-corrected chi connectivity index (χ0v) is 9.24. The van der Waals surface area contributed by atoms with E-state index < -0.39 is 0 Å². The van der Waals surface area contributed by atoms with Gasteiger partial charge in [0.05, 0.1) is 6.04 Å². The Kier molecular flexibility index (Phi) is 2.43. The third-order valence-corrected chi connectivity index (χ3v) is 4.43. The lowest BCUT2D eigenvalue weighted by atomic mass is 9.93. The smallest absolute Gasteiger partial charge is 0.240 e. The van der Waals surface area contributed by atoms with Crippen LogP contribution in [0.15, 0.2) is 0 Å². The van der Waals surface area contributed by atoms with Gasteiger partial charge in [0, 0.05) is 13.1 Å². The number of likely N-dealkylation sites (tertiary alicyclic amines) is 1. The van der Waals surface area contributed by atoms with Gasteiger partial charge in [-0.15, -0.1) is 0 Å². The van der Waals surface area contributed by atoms with Crippen molar-refractivity contribution in [3.63, 3.8) is 0 Å². The first kappa shape index (κ1) is 9.64. The number of hydrogen-bond acceptors (Lipinski definition) is 2. The summed E-state index contributed by atoms with van der Waals surface area (Å²) in [5.41, 5.74) is 0. The molecule has 2 aliphatic heterocycles. The lowest BCUT2D eigenvalue weighted by molar-refractivity contribution is -0.133. The van der Waals surface area contributed by atoms with Crippen LogP contribution in [0.5, 0.6) is 0 Å². The fourth-order valence-electron chi connectivity index (χ4n) is 3.59. The fraction of sp³-hybridized carbons (Fsp3) is 0.917. The molecule has 3 aliphatic rings. The molecule has 1 aliphatic carbocycles. The Balaban J connectivity index is 1.68. The van der Waals surface area contributed by atoms with Gasteiger partial charge >= 0.3 is 0 Å². The number of fused-ring (bicyclic) bond motifs is 1. The summed E-state index contributed by atoms with van der Waals surface area (Å²) >= 11 is 0. The number of rotatable bonds is 1. The van der Waals surface area contributed by atoms with Gasteiger partial charge in [-0.1, -0.05) is 6.42 Å². The van der Waals surface area contributed by atoms with Gasteiger partial charge < -0.3 is 10.2 Å². The van der Waals surface area contributed by atoms with Crippen molar-refractivity contribution in [3.05, 3.63) is 0 Å². The Morgan fingerprint density at radius 3 is 2.73 bits per heavy atom. The lowest BCUT2D eigenvalue weighted by Gasteiger charge is -2.23. The van der Waals surface area contributed by atoms with Crippen LogP contribution in [0.3, 0.4) is 0 Å². The highest BCUT2D eigenvalue weighted by Gasteiger charge is 2.43. The molecular weight excluding hydrogens is 188 g/mol. The normalized spacial score (nSPS) is 39.7. The van der Waals surface area contributed by atoms with E-state index in [0.717, 1.165) is 25.6 Å². The number of carbonyl (C=O) groups excluding carboxylic acids is 1. The van der Waals surface area contributed by atoms with E-state index in [2.05, 4.69) is 10.2 Å². The van der Waals surface area contributed by atoms with Crippen LogP contribution in [-0.2, 0) is 4.79 Å². The average Bonchev–Trinajstić information content (AvgIpc) is 2.94. The van der Waals surface area contributed by atoms with Crippen LogP contribution >= 0.6 is 0 Å². The third kappa shape index (κ3) is 1.57. The quantitative estimate of drug-likeness (QED) is 0.697. The Labute approximate surface area is 91.2 Å². The van der Waals surface area contributed by atoms with E-state index in [4.69, 9.17) is 0 Å². The molecule has 3 heteroatoms. The molecule has 0 aromatic heterocycles. The first-order valence-corrected chi connectivity index (χ1v) is 6.38. The first-order chi connectivity index (χ1) is 7.36. The molecule has 3 nitrogen and oxygen atoms in total. The predicted octanol–water partition coefficient (Wildman–Crippen LogP) is 0.997. The molecule has 3 unspecified atom stereocenters. The Morgan fingerprint density at radius 1 is 1.13 bits per heavy atom. The summed E-state index contributed by atoms with van der Waals surface area (Å²) in [6.07, 6.45) is 6.34. The minimum atomic E-state index is 0.163. The van der Waals surface area contributed by atoms with Crippen molar-refractivity contribution in [1.29, 1.82) is 0 Å². The largest absolute Gasteiger partial charge is 0.341 e. The van der Waals surface area contributed by atoms with Crippen molar-refractivity contribution < 1.29 is 4.79 Å². The minimum Gasteiger partial charge on any atom is -0.341 e. The Morgan fingerprint density at radius 2 is 1.93 bits per heavy atom. The van der Waals surface area contributed by atoms with Crippen LogP contribution in [0, 0.1) is 11.8 Å². The molecule has 0 spiro atoms. The zero-order valence-electron chi connectivity index (χ0n) is 9.24. The van der Waals surface area contributed by atoms with E-state index in [-0.39, 0.29) is 6.04 Å². The van der Waals surface area contributed by atoms with Gasteiger partial charge in [-0.25, -0.2) is 0 Å². The molecule has 0 aromatic carbocycles. The predicted molar refractivity (Wildman–Crippen MR) is 58.4 cm³/mol. The number of nitrogens with one attached hydrogen (secondary N) is 1. The van der Waals surface area contributed by atoms with Crippen molar-refractivity contribution >= 4 is 5.91 Å². The molecule has 2 saturated heterocycles. The van der Waals surface area contributed by atoms with Crippen LogP contribution in [-0.4, -0.2) is 36.5 Å². The zero-order chi connectivity index (χ0) is 10.3. The second-order valence-electron chi connectivity index (χ2n) is 5.27. The highest BCUT2D eigenvalue weighted by atomic mass is 16.2. The van der Waals surface area contributed by atoms with E-state index in [9.17, 15) is 4.79 Å². The molecule has 3 fully saturated rings. The monoisotopic (exact) mass is 208 g/mol. The molecule has 1 saturated carbocycles. The van der Waals surface area contributed by atoms with Crippen molar-refractivity contribution in [2.45, 2.75) is 38.1 Å². The summed E-state index contributed by atoms with van der Waals surface area (Å²) in [5.74, 6) is 1.83. The van der Waals surface area contributed by atoms with Gasteiger partial charge in [-0.2, -0.15) is 0 Å². The van der Waals surface area contributed by atoms with E-state index in [1.54, 1.807) is 0 Å². The average molecular weight is 208 g/mol. The van der Waals surface area contributed by atoms with Gasteiger partial charge in [0.1, 0.15) is 0 Å². The lowest BCUT2D eigenvalue weighted by Crippen LogP contribution is -2.45. The summed E-state index contributed by atoms with van der Waals surface area (Å²) in [6.45, 7) is 3.07. The van der Waals surface area contributed by atoms with Crippen LogP contribution in [0.25, 0.3) is 0 Å². The Hall–Kier alpha value is -0.570. The number of nitrogens with zero attached hydrogens (tertiary/aromatic N) is 1. The Bertz CT molecular complexity index is 260. The molecule has 3 rings (SSSR count). The molecule has 3 atom stereocenters. The highest BCUT2D eigenvalue weighted by Crippen LogP contribution is 2.38. The second-order valence-corrected chi connectivity index (χ2v) is 5.27. The van der Waals surface area contributed by atoms with E-state index in [1.165, 1.54) is 32.1 Å². The van der Waals surface area contributed by atoms with E-state index in [1.807, 2.05) is 0 Å². The molecule has 1 amide bonds. The molecule has 84 valence electrons. The van der Waals surface area contributed by atoms with E-state index >= 15 is 0 Å². The molecular formula is C12H20N2O. The molecule has 15 heavy (non-hydrogen) atoms. The maximum Gasteiger partial charge on any atom is 0.240 e. The van der Waals surface area contributed by atoms with Crippen molar-refractivity contribution in [2.75, 3.05) is 19.6 Å². The minimum absolute atomic E-state index is 0.163. The number of carbonyl (C=O) groups is 1. The standard InChI is InChI=1S/C12H20N2O/c15-12(14-6-1-2-7-14)11-10-5-3-4-9(10)8-13-11/h9-11,13H,1-8H2. The van der Waals surface area contributed by atoms with Crippen molar-refractivity contribution in [3.8, 4) is 0 Å². The number of amides is 1. The van der Waals surface area contributed by atoms with Crippen LogP contribution in [0.4, 0.5) is 0 Å². The summed E-state index contributed by atoms with van der Waals surface area (Å²) in [5, 5.41) is 3.44. The van der Waals surface area contributed by atoms with Crippen molar-refractivity contribution in [1.82, 2.24) is 10.2 Å². The summed E-state index contributed by atoms with van der Waals surface area (Å²) in [6, 6.07) is 0.163. The van der Waals surface area contributed by atoms with Crippen molar-refractivity contribution in [2.24, 2.45) is 11.8 Å². The maximum atomic E-state index is 12.3. The van der Waals surface area contributed by atoms with E-state index in [0.29, 0.717) is 11.8 Å². The molecule has 2 heterocycles. The van der Waals surface area contributed by atoms with Crippen LogP contribution < -0.4 is 5.32 Å². The molecule has 1 N–H and O–H groups in total. The van der Waals surface area contributed by atoms with Gasteiger partial charge in [-0.05, 0) is 44.1 Å². The topological polar surface area (TPSA) is 32.3 Å². The molecule has 0 aromatic rings. The molecule has 0 radical (unpaired) electrons. The van der Waals surface area contributed by atoms with Gasteiger partial charge in [0.2, 0.25) is 5.91 Å². The van der Waals surface area contributed by atoms with Gasteiger partial charge in [0.25, 0.3) is 0 Å².